The van der Waals surface area contributed by atoms with Gasteiger partial charge in [-0.1, -0.05) is 52.3 Å². The molecule has 0 saturated carbocycles. The molecule has 0 aliphatic carbocycles. The highest BCUT2D eigenvalue weighted by molar-refractivity contribution is 9.10. The summed E-state index contributed by atoms with van der Waals surface area (Å²) in [5.41, 5.74) is 1.96. The van der Waals surface area contributed by atoms with Crippen LogP contribution in [0.25, 0.3) is 0 Å². The summed E-state index contributed by atoms with van der Waals surface area (Å²) in [6.07, 6.45) is 0. The van der Waals surface area contributed by atoms with E-state index in [0.717, 1.165) is 5.56 Å². The molecule has 0 radical (unpaired) electrons. The number of rotatable bonds is 7. The van der Waals surface area contributed by atoms with E-state index in [9.17, 15) is 19.2 Å². The zero-order chi connectivity index (χ0) is 24.0. The lowest BCUT2D eigenvalue weighted by atomic mass is 10.1. The molecule has 0 fully saturated rings. The molecular weight excluding hydrogens is 486 g/mol. The number of carbonyl (C=O) groups is 4. The molecule has 0 aliphatic rings. The second-order valence-corrected chi connectivity index (χ2v) is 8.30. The average molecular weight is 508 g/mol. The maximum Gasteiger partial charge on any atom is 0.296 e. The predicted octanol–water partition coefficient (Wildman–Crippen LogP) is 4.50. The van der Waals surface area contributed by atoms with Crippen molar-refractivity contribution in [2.24, 2.45) is 0 Å². The Balaban J connectivity index is 1.74. The fourth-order valence-electron chi connectivity index (χ4n) is 3.19. The van der Waals surface area contributed by atoms with Gasteiger partial charge in [0, 0.05) is 36.2 Å². The molecule has 0 heterocycles. The number of benzene rings is 3. The number of nitrogens with zero attached hydrogens (tertiary/aromatic N) is 1. The summed E-state index contributed by atoms with van der Waals surface area (Å²) >= 11 is 3.27. The van der Waals surface area contributed by atoms with Crippen molar-refractivity contribution < 1.29 is 19.2 Å². The number of ketones is 1. The Morgan fingerprint density at radius 3 is 2.30 bits per heavy atom. The zero-order valence-corrected chi connectivity index (χ0v) is 19.7. The Hall–Kier alpha value is -3.78. The molecule has 3 rings (SSSR count). The summed E-state index contributed by atoms with van der Waals surface area (Å²) < 4.78 is 0.585. The van der Waals surface area contributed by atoms with Gasteiger partial charge in [0.05, 0.1) is 11.3 Å². The summed E-state index contributed by atoms with van der Waals surface area (Å²) in [6, 6.07) is 20.6. The van der Waals surface area contributed by atoms with Crippen molar-refractivity contribution in [1.82, 2.24) is 4.90 Å². The third-order valence-electron chi connectivity index (χ3n) is 4.72. The summed E-state index contributed by atoms with van der Waals surface area (Å²) in [4.78, 5) is 51.2. The van der Waals surface area contributed by atoms with Gasteiger partial charge < -0.3 is 15.5 Å². The summed E-state index contributed by atoms with van der Waals surface area (Å²) in [7, 11) is 1.70. The number of nitrogens with one attached hydrogen (secondary N) is 2. The molecule has 2 N–H and O–H groups in total. The van der Waals surface area contributed by atoms with Crippen LogP contribution in [-0.2, 0) is 16.1 Å². The summed E-state index contributed by atoms with van der Waals surface area (Å²) in [5, 5.41) is 5.08. The molecule has 33 heavy (non-hydrogen) atoms. The molecule has 0 atom stereocenters. The van der Waals surface area contributed by atoms with E-state index in [1.807, 2.05) is 30.3 Å². The molecular formula is C25H22BrN3O4. The molecule has 0 unspecified atom stereocenters. The predicted molar refractivity (Wildman–Crippen MR) is 130 cm³/mol. The first-order valence-corrected chi connectivity index (χ1v) is 10.9. The first-order valence-electron chi connectivity index (χ1n) is 10.1. The Labute approximate surface area is 199 Å². The van der Waals surface area contributed by atoms with E-state index >= 15 is 0 Å². The fourth-order valence-corrected chi connectivity index (χ4v) is 3.55. The van der Waals surface area contributed by atoms with Crippen LogP contribution < -0.4 is 10.6 Å². The van der Waals surface area contributed by atoms with Crippen LogP contribution in [0.15, 0.2) is 77.3 Å². The molecule has 0 aliphatic heterocycles. The van der Waals surface area contributed by atoms with E-state index in [4.69, 9.17) is 0 Å². The highest BCUT2D eigenvalue weighted by atomic mass is 79.9. The van der Waals surface area contributed by atoms with Gasteiger partial charge in [0.15, 0.2) is 0 Å². The topological polar surface area (TPSA) is 95.6 Å². The van der Waals surface area contributed by atoms with Crippen LogP contribution in [0.2, 0.25) is 0 Å². The molecule has 0 spiro atoms. The molecule has 7 nitrogen and oxygen atoms in total. The largest absolute Gasteiger partial charge is 0.337 e. The SMILES string of the molecule is CC(=O)Nc1ccc(Br)cc1C(=O)C(=O)Nc1cccc(C(=O)N(C)Cc2ccccc2)c1. The van der Waals surface area contributed by atoms with E-state index in [-0.39, 0.29) is 23.1 Å². The summed E-state index contributed by atoms with van der Waals surface area (Å²) in [5.74, 6) is -2.29. The van der Waals surface area contributed by atoms with Crippen LogP contribution in [-0.4, -0.2) is 35.5 Å². The lowest BCUT2D eigenvalue weighted by Gasteiger charge is -2.18. The van der Waals surface area contributed by atoms with Gasteiger partial charge in [0.25, 0.3) is 17.6 Å². The second-order valence-electron chi connectivity index (χ2n) is 7.38. The Morgan fingerprint density at radius 1 is 0.879 bits per heavy atom. The minimum atomic E-state index is -0.887. The first kappa shape index (κ1) is 23.9. The molecule has 0 aromatic heterocycles. The van der Waals surface area contributed by atoms with Gasteiger partial charge in [-0.05, 0) is 42.0 Å². The highest BCUT2D eigenvalue weighted by Crippen LogP contribution is 2.23. The molecule has 168 valence electrons. The third-order valence-corrected chi connectivity index (χ3v) is 5.21. The van der Waals surface area contributed by atoms with Crippen molar-refractivity contribution in [3.05, 3.63) is 94.0 Å². The molecule has 3 aromatic carbocycles. The number of anilines is 2. The number of Topliss-reactive ketones (excluding diaryl/α,β-unsaturated/α-hetero) is 1. The molecule has 8 heteroatoms. The minimum absolute atomic E-state index is 0.0481. The molecule has 3 aromatic rings. The van der Waals surface area contributed by atoms with Gasteiger partial charge in [-0.15, -0.1) is 0 Å². The number of amides is 3. The quantitative estimate of drug-likeness (QED) is 0.363. The Kier molecular flexibility index (Phi) is 7.74. The van der Waals surface area contributed by atoms with Crippen molar-refractivity contribution in [1.29, 1.82) is 0 Å². The van der Waals surface area contributed by atoms with E-state index in [0.29, 0.717) is 22.3 Å². The number of hydrogen-bond donors (Lipinski definition) is 2. The second kappa shape index (κ2) is 10.7. The molecule has 3 amide bonds. The lowest BCUT2D eigenvalue weighted by molar-refractivity contribution is -0.114. The monoisotopic (exact) mass is 507 g/mol. The maximum absolute atomic E-state index is 12.8. The van der Waals surface area contributed by atoms with Crippen LogP contribution in [0.5, 0.6) is 0 Å². The van der Waals surface area contributed by atoms with Crippen molar-refractivity contribution in [2.75, 3.05) is 17.7 Å². The third kappa shape index (κ3) is 6.36. The average Bonchev–Trinajstić information content (AvgIpc) is 2.79. The maximum atomic E-state index is 12.8. The molecule has 0 saturated heterocycles. The fraction of sp³-hybridized carbons (Fsp3) is 0.120. The first-order chi connectivity index (χ1) is 15.7. The minimum Gasteiger partial charge on any atom is -0.337 e. The standard InChI is InChI=1S/C25H22BrN3O4/c1-16(30)27-22-12-11-19(26)14-21(22)23(31)24(32)28-20-10-6-9-18(13-20)25(33)29(2)15-17-7-4-3-5-8-17/h3-14H,15H2,1-2H3,(H,27,30)(H,28,32). The van der Waals surface area contributed by atoms with Gasteiger partial charge in [-0.25, -0.2) is 0 Å². The zero-order valence-electron chi connectivity index (χ0n) is 18.1. The van der Waals surface area contributed by atoms with Crippen molar-refractivity contribution in [3.8, 4) is 0 Å². The smallest absolute Gasteiger partial charge is 0.296 e. The highest BCUT2D eigenvalue weighted by Gasteiger charge is 2.21. The van der Waals surface area contributed by atoms with Gasteiger partial charge in [-0.3, -0.25) is 19.2 Å². The van der Waals surface area contributed by atoms with Crippen LogP contribution in [0, 0.1) is 0 Å². The van der Waals surface area contributed by atoms with E-state index in [1.165, 1.54) is 25.1 Å². The Morgan fingerprint density at radius 2 is 1.61 bits per heavy atom. The Bertz CT molecular complexity index is 1210. The van der Waals surface area contributed by atoms with Crippen LogP contribution in [0.1, 0.15) is 33.2 Å². The van der Waals surface area contributed by atoms with Gasteiger partial charge >= 0.3 is 0 Å². The van der Waals surface area contributed by atoms with E-state index in [1.54, 1.807) is 36.2 Å². The van der Waals surface area contributed by atoms with Gasteiger partial charge in [-0.2, -0.15) is 0 Å². The van der Waals surface area contributed by atoms with Crippen molar-refractivity contribution >= 4 is 50.8 Å². The number of hydrogen-bond acceptors (Lipinski definition) is 4. The number of halogens is 1. The van der Waals surface area contributed by atoms with E-state index in [2.05, 4.69) is 26.6 Å². The van der Waals surface area contributed by atoms with Gasteiger partial charge in [0.1, 0.15) is 0 Å². The number of carbonyl (C=O) groups excluding carboxylic acids is 4. The molecule has 0 bridgehead atoms. The van der Waals surface area contributed by atoms with Crippen LogP contribution in [0.3, 0.4) is 0 Å². The van der Waals surface area contributed by atoms with Gasteiger partial charge in [0.2, 0.25) is 5.91 Å². The van der Waals surface area contributed by atoms with E-state index < -0.39 is 11.7 Å². The lowest BCUT2D eigenvalue weighted by Crippen LogP contribution is -2.27. The van der Waals surface area contributed by atoms with Crippen molar-refractivity contribution in [2.45, 2.75) is 13.5 Å². The van der Waals surface area contributed by atoms with Crippen LogP contribution in [0.4, 0.5) is 11.4 Å². The normalized spacial score (nSPS) is 10.3. The summed E-state index contributed by atoms with van der Waals surface area (Å²) in [6.45, 7) is 1.75. The van der Waals surface area contributed by atoms with Crippen LogP contribution >= 0.6 is 15.9 Å². The van der Waals surface area contributed by atoms with Crippen molar-refractivity contribution in [3.63, 3.8) is 0 Å².